The average molecular weight is 332 g/mol. The summed E-state index contributed by atoms with van der Waals surface area (Å²) in [7, 11) is 0. The van der Waals surface area contributed by atoms with Gasteiger partial charge in [0.1, 0.15) is 23.9 Å². The monoisotopic (exact) mass is 331 g/mol. The molecule has 0 bridgehead atoms. The average Bonchev–Trinajstić information content (AvgIpc) is 3.20. The summed E-state index contributed by atoms with van der Waals surface area (Å²) in [6.45, 7) is 0.335. The van der Waals surface area contributed by atoms with Gasteiger partial charge in [0.25, 0.3) is 5.91 Å². The molecule has 0 unspecified atom stereocenters. The number of carbonyl (C=O) groups excluding carboxylic acids is 1. The highest BCUT2D eigenvalue weighted by molar-refractivity contribution is 6.30. The number of nitrogens with zero attached hydrogens (tertiary/aromatic N) is 2. The number of halogens is 1. The molecule has 7 heteroatoms. The lowest BCUT2D eigenvalue weighted by atomic mass is 10.3. The van der Waals surface area contributed by atoms with Crippen LogP contribution in [-0.4, -0.2) is 22.3 Å². The summed E-state index contributed by atoms with van der Waals surface area (Å²) in [6.07, 6.45) is 3.20. The van der Waals surface area contributed by atoms with E-state index in [-0.39, 0.29) is 12.5 Å². The van der Waals surface area contributed by atoms with Crippen LogP contribution in [0.1, 0.15) is 5.76 Å². The fraction of sp³-hybridized carbons (Fsp3) is 0.125. The Bertz CT molecular complexity index is 766. The number of carbonyl (C=O) groups is 1. The van der Waals surface area contributed by atoms with Gasteiger partial charge >= 0.3 is 0 Å². The van der Waals surface area contributed by atoms with E-state index in [0.29, 0.717) is 23.1 Å². The van der Waals surface area contributed by atoms with Crippen molar-refractivity contribution in [1.82, 2.24) is 9.78 Å². The van der Waals surface area contributed by atoms with Crippen LogP contribution in [0.2, 0.25) is 5.02 Å². The number of ether oxygens (including phenoxy) is 1. The van der Waals surface area contributed by atoms with Crippen LogP contribution in [0.3, 0.4) is 0 Å². The lowest BCUT2D eigenvalue weighted by molar-refractivity contribution is -0.118. The van der Waals surface area contributed by atoms with Gasteiger partial charge in [-0.1, -0.05) is 11.6 Å². The number of benzene rings is 1. The van der Waals surface area contributed by atoms with E-state index < -0.39 is 0 Å². The van der Waals surface area contributed by atoms with Crippen molar-refractivity contribution in [2.45, 2.75) is 6.54 Å². The molecule has 1 N–H and O–H groups in total. The third-order valence-corrected chi connectivity index (χ3v) is 3.31. The summed E-state index contributed by atoms with van der Waals surface area (Å²) in [5.74, 6) is 1.63. The number of nitrogens with one attached hydrogen (secondary N) is 1. The van der Waals surface area contributed by atoms with Crippen LogP contribution in [-0.2, 0) is 11.3 Å². The Morgan fingerprint density at radius 3 is 2.83 bits per heavy atom. The summed E-state index contributed by atoms with van der Waals surface area (Å²) >= 11 is 5.79. The zero-order valence-corrected chi connectivity index (χ0v) is 12.9. The van der Waals surface area contributed by atoms with E-state index in [4.69, 9.17) is 20.8 Å². The molecule has 3 rings (SSSR count). The van der Waals surface area contributed by atoms with Gasteiger partial charge in [0.2, 0.25) is 0 Å². The van der Waals surface area contributed by atoms with Crippen LogP contribution in [0.5, 0.6) is 5.75 Å². The number of furan rings is 1. The third-order valence-electron chi connectivity index (χ3n) is 3.05. The topological polar surface area (TPSA) is 69.3 Å². The molecule has 6 nitrogen and oxygen atoms in total. The highest BCUT2D eigenvalue weighted by atomic mass is 35.5. The van der Waals surface area contributed by atoms with Crippen molar-refractivity contribution >= 4 is 23.3 Å². The Morgan fingerprint density at radius 2 is 2.09 bits per heavy atom. The Labute approximate surface area is 137 Å². The molecule has 0 saturated heterocycles. The van der Waals surface area contributed by atoms with Crippen LogP contribution in [0.15, 0.2) is 59.3 Å². The fourth-order valence-electron chi connectivity index (χ4n) is 1.97. The van der Waals surface area contributed by atoms with Crippen molar-refractivity contribution in [3.63, 3.8) is 0 Å². The molecule has 3 aromatic rings. The van der Waals surface area contributed by atoms with E-state index in [1.165, 1.54) is 0 Å². The van der Waals surface area contributed by atoms with Crippen LogP contribution in [0.4, 0.5) is 5.82 Å². The van der Waals surface area contributed by atoms with Gasteiger partial charge in [0.15, 0.2) is 6.61 Å². The Kier molecular flexibility index (Phi) is 4.63. The van der Waals surface area contributed by atoms with Gasteiger partial charge in [-0.15, -0.1) is 0 Å². The smallest absolute Gasteiger partial charge is 0.263 e. The number of hydrogen-bond donors (Lipinski definition) is 1. The molecule has 0 fully saturated rings. The summed E-state index contributed by atoms with van der Waals surface area (Å²) < 4.78 is 12.3. The largest absolute Gasteiger partial charge is 0.484 e. The molecule has 2 aromatic heterocycles. The maximum absolute atomic E-state index is 12.0. The lowest BCUT2D eigenvalue weighted by Crippen LogP contribution is -2.22. The van der Waals surface area contributed by atoms with E-state index in [9.17, 15) is 4.79 Å². The first-order valence-electron chi connectivity index (χ1n) is 6.93. The maximum atomic E-state index is 12.0. The van der Waals surface area contributed by atoms with Gasteiger partial charge in [-0.2, -0.15) is 5.10 Å². The molecule has 0 aliphatic carbocycles. The molecule has 0 aliphatic heterocycles. The molecule has 0 radical (unpaired) electrons. The van der Waals surface area contributed by atoms with Gasteiger partial charge < -0.3 is 14.5 Å². The first-order valence-corrected chi connectivity index (χ1v) is 7.31. The zero-order chi connectivity index (χ0) is 16.1. The second-order valence-corrected chi connectivity index (χ2v) is 5.18. The molecule has 1 amide bonds. The van der Waals surface area contributed by atoms with Crippen molar-refractivity contribution < 1.29 is 13.9 Å². The molecule has 23 heavy (non-hydrogen) atoms. The predicted molar refractivity (Wildman–Crippen MR) is 85.6 cm³/mol. The molecular weight excluding hydrogens is 318 g/mol. The lowest BCUT2D eigenvalue weighted by Gasteiger charge is -2.09. The fourth-order valence-corrected chi connectivity index (χ4v) is 2.10. The first-order chi connectivity index (χ1) is 11.2. The highest BCUT2D eigenvalue weighted by Crippen LogP contribution is 2.15. The predicted octanol–water partition coefficient (Wildman–Crippen LogP) is 3.20. The van der Waals surface area contributed by atoms with Crippen molar-refractivity contribution in [3.8, 4) is 5.75 Å². The first kappa shape index (κ1) is 15.2. The van der Waals surface area contributed by atoms with Crippen LogP contribution >= 0.6 is 11.6 Å². The zero-order valence-electron chi connectivity index (χ0n) is 12.1. The Morgan fingerprint density at radius 1 is 1.26 bits per heavy atom. The standard InChI is InChI=1S/C16H14ClN3O3/c17-12-3-5-13(6-4-12)23-11-16(21)19-15-7-8-18-20(15)10-14-2-1-9-22-14/h1-9H,10-11H2,(H,19,21). The number of rotatable bonds is 6. The van der Waals surface area contributed by atoms with Crippen LogP contribution < -0.4 is 10.1 Å². The van der Waals surface area contributed by atoms with Gasteiger partial charge in [-0.25, -0.2) is 4.68 Å². The van der Waals surface area contributed by atoms with E-state index in [1.54, 1.807) is 53.5 Å². The number of amides is 1. The molecule has 0 spiro atoms. The molecule has 0 atom stereocenters. The molecule has 118 valence electrons. The molecular formula is C16H14ClN3O3. The van der Waals surface area contributed by atoms with Crippen LogP contribution in [0, 0.1) is 0 Å². The van der Waals surface area contributed by atoms with Crippen LogP contribution in [0.25, 0.3) is 0 Å². The minimum atomic E-state index is -0.277. The third kappa shape index (κ3) is 4.14. The van der Waals surface area contributed by atoms with E-state index in [2.05, 4.69) is 10.4 Å². The normalized spacial score (nSPS) is 10.5. The number of anilines is 1. The van der Waals surface area contributed by atoms with Crippen molar-refractivity contribution in [2.24, 2.45) is 0 Å². The summed E-state index contributed by atoms with van der Waals surface area (Å²) in [6, 6.07) is 12.2. The molecule has 1 aromatic carbocycles. The number of hydrogen-bond acceptors (Lipinski definition) is 4. The SMILES string of the molecule is O=C(COc1ccc(Cl)cc1)Nc1ccnn1Cc1ccco1. The summed E-state index contributed by atoms with van der Waals surface area (Å²) in [5, 5.41) is 7.53. The van der Waals surface area contributed by atoms with Gasteiger partial charge in [0, 0.05) is 11.1 Å². The second kappa shape index (κ2) is 7.02. The number of aromatic nitrogens is 2. The highest BCUT2D eigenvalue weighted by Gasteiger charge is 2.09. The minimum absolute atomic E-state index is 0.104. The van der Waals surface area contributed by atoms with Gasteiger partial charge in [-0.3, -0.25) is 4.79 Å². The van der Waals surface area contributed by atoms with Crippen molar-refractivity contribution in [2.75, 3.05) is 11.9 Å². The molecule has 0 saturated carbocycles. The summed E-state index contributed by atoms with van der Waals surface area (Å²) in [4.78, 5) is 12.0. The Balaban J connectivity index is 1.56. The summed E-state index contributed by atoms with van der Waals surface area (Å²) in [5.41, 5.74) is 0. The second-order valence-electron chi connectivity index (χ2n) is 4.74. The van der Waals surface area contributed by atoms with E-state index >= 15 is 0 Å². The molecule has 0 aliphatic rings. The van der Waals surface area contributed by atoms with E-state index in [1.807, 2.05) is 6.07 Å². The minimum Gasteiger partial charge on any atom is -0.484 e. The van der Waals surface area contributed by atoms with Gasteiger partial charge in [0.05, 0.1) is 12.5 Å². The Hall–Kier alpha value is -2.73. The van der Waals surface area contributed by atoms with Gasteiger partial charge in [-0.05, 0) is 36.4 Å². The van der Waals surface area contributed by atoms with E-state index in [0.717, 1.165) is 5.76 Å². The molecule has 2 heterocycles. The van der Waals surface area contributed by atoms with Crippen molar-refractivity contribution in [1.29, 1.82) is 0 Å². The quantitative estimate of drug-likeness (QED) is 0.753. The maximum Gasteiger partial charge on any atom is 0.263 e. The van der Waals surface area contributed by atoms with Crippen molar-refractivity contribution in [3.05, 3.63) is 65.7 Å².